The molecule has 1 unspecified atom stereocenters. The number of phosphoric ester groups is 1. The van der Waals surface area contributed by atoms with E-state index in [4.69, 9.17) is 33.5 Å². The number of halogens is 1. The van der Waals surface area contributed by atoms with Crippen LogP contribution in [0.25, 0.3) is 0 Å². The van der Waals surface area contributed by atoms with Crippen molar-refractivity contribution in [3.8, 4) is 0 Å². The molecule has 5 atom stereocenters. The van der Waals surface area contributed by atoms with E-state index in [0.717, 1.165) is 10.8 Å². The molecule has 3 N–H and O–H groups in total. The maximum Gasteiger partial charge on any atom is 0.480 e. The van der Waals surface area contributed by atoms with Crippen LogP contribution in [0.5, 0.6) is 0 Å². The number of aliphatic hydroxyl groups is 1. The Morgan fingerprint density at radius 1 is 1.15 bits per heavy atom. The zero-order valence-corrected chi connectivity index (χ0v) is 24.6. The van der Waals surface area contributed by atoms with Gasteiger partial charge in [0.15, 0.2) is 12.4 Å². The van der Waals surface area contributed by atoms with Gasteiger partial charge in [0.1, 0.15) is 17.5 Å². The fourth-order valence-electron chi connectivity index (χ4n) is 3.31. The third-order valence-electron chi connectivity index (χ3n) is 6.51. The molecule has 1 fully saturated rings. The van der Waals surface area contributed by atoms with Crippen LogP contribution in [0.2, 0.25) is 0 Å². The summed E-state index contributed by atoms with van der Waals surface area (Å²) < 4.78 is 60.8. The van der Waals surface area contributed by atoms with Crippen LogP contribution in [-0.4, -0.2) is 64.7 Å². The summed E-state index contributed by atoms with van der Waals surface area (Å²) in [6, 6.07) is 1.25. The third kappa shape index (κ3) is 8.08. The Morgan fingerprint density at radius 3 is 2.23 bits per heavy atom. The van der Waals surface area contributed by atoms with Gasteiger partial charge in [-0.2, -0.15) is 4.98 Å². The molecular formula is C24H39FN3O11P. The Morgan fingerprint density at radius 2 is 1.73 bits per heavy atom. The Kier molecular flexibility index (Phi) is 11.0. The number of anilines is 1. The first-order chi connectivity index (χ1) is 18.4. The fraction of sp³-hybridized carbons (Fsp3) is 0.750. The van der Waals surface area contributed by atoms with E-state index in [-0.39, 0.29) is 12.2 Å². The third-order valence-corrected chi connectivity index (χ3v) is 7.80. The number of alkyl halides is 1. The highest BCUT2D eigenvalue weighted by Gasteiger charge is 2.56. The molecule has 0 amide bonds. The quantitative estimate of drug-likeness (QED) is 0.193. The van der Waals surface area contributed by atoms with E-state index in [9.17, 15) is 24.1 Å². The predicted molar refractivity (Wildman–Crippen MR) is 138 cm³/mol. The number of aromatic nitrogens is 2. The van der Waals surface area contributed by atoms with Gasteiger partial charge in [-0.25, -0.2) is 22.8 Å². The van der Waals surface area contributed by atoms with Gasteiger partial charge in [0, 0.05) is 6.20 Å². The average molecular weight is 596 g/mol. The Balaban J connectivity index is 2.22. The number of rotatable bonds is 13. The van der Waals surface area contributed by atoms with Crippen LogP contribution in [0.4, 0.5) is 10.2 Å². The number of nitrogens with two attached hydrogens (primary N) is 1. The fourth-order valence-corrected chi connectivity index (χ4v) is 4.27. The molecule has 16 heteroatoms. The van der Waals surface area contributed by atoms with E-state index in [1.54, 1.807) is 41.5 Å². The number of nitrogens with zero attached hydrogens (tertiary/aromatic N) is 2. The molecule has 40 heavy (non-hydrogen) atoms. The Hall–Kier alpha value is -2.42. The topological polar surface area (TPSA) is 188 Å². The van der Waals surface area contributed by atoms with E-state index in [0.29, 0.717) is 6.42 Å². The highest BCUT2D eigenvalue weighted by Crippen LogP contribution is 2.52. The van der Waals surface area contributed by atoms with Crippen molar-refractivity contribution in [2.75, 3.05) is 25.9 Å². The number of aliphatic hydroxyl groups excluding tert-OH is 1. The molecule has 1 aliphatic rings. The minimum absolute atomic E-state index is 0.0685. The zero-order chi connectivity index (χ0) is 30.5. The van der Waals surface area contributed by atoms with E-state index >= 15 is 4.39 Å². The standard InChI is InChI=1S/C24H39FN3O11P/c1-8-23(6,7)20(31)35-14-38-40(33,37-13-34-19(30)22(3,4)5)36-12-24(9-2)17(29)16(25)18(39-24)28-11-10-15(26)27-21(28)32/h10-11,16-18,29H,8-9,12-14H2,1-7H3,(H2,26,27,32)/t16-,17+,18-,24-,40?/m1/s1. The largest absolute Gasteiger partial charge is 0.480 e. The summed E-state index contributed by atoms with van der Waals surface area (Å²) in [7, 11) is -4.67. The highest BCUT2D eigenvalue weighted by molar-refractivity contribution is 7.48. The normalized spacial score (nSPS) is 24.9. The highest BCUT2D eigenvalue weighted by atomic mass is 31.2. The second-order valence-corrected chi connectivity index (χ2v) is 12.6. The molecule has 0 radical (unpaired) electrons. The lowest BCUT2D eigenvalue weighted by molar-refractivity contribution is -0.166. The maximum absolute atomic E-state index is 15.2. The lowest BCUT2D eigenvalue weighted by atomic mass is 9.91. The minimum atomic E-state index is -4.67. The van der Waals surface area contributed by atoms with Crippen LogP contribution in [0.15, 0.2) is 17.1 Å². The van der Waals surface area contributed by atoms with Crippen molar-refractivity contribution in [3.05, 3.63) is 22.7 Å². The second-order valence-electron chi connectivity index (χ2n) is 10.9. The lowest BCUT2D eigenvalue weighted by Gasteiger charge is -2.31. The summed E-state index contributed by atoms with van der Waals surface area (Å²) in [6.45, 7) is 8.91. The number of phosphoric acid groups is 1. The first-order valence-electron chi connectivity index (χ1n) is 12.6. The number of carbonyl (C=O) groups excluding carboxylic acids is 2. The summed E-state index contributed by atoms with van der Waals surface area (Å²) in [4.78, 5) is 40.1. The maximum atomic E-state index is 15.2. The molecule has 0 saturated carbocycles. The van der Waals surface area contributed by atoms with Crippen molar-refractivity contribution < 1.29 is 51.4 Å². The van der Waals surface area contributed by atoms with Gasteiger partial charge in [-0.1, -0.05) is 13.8 Å². The first kappa shape index (κ1) is 33.8. The molecule has 0 spiro atoms. The van der Waals surface area contributed by atoms with Crippen molar-refractivity contribution in [2.45, 2.75) is 85.4 Å². The summed E-state index contributed by atoms with van der Waals surface area (Å²) >= 11 is 0. The molecule has 1 aliphatic heterocycles. The summed E-state index contributed by atoms with van der Waals surface area (Å²) in [5, 5.41) is 10.7. The lowest BCUT2D eigenvalue weighted by Crippen LogP contribution is -2.45. The smallest absolute Gasteiger partial charge is 0.437 e. The van der Waals surface area contributed by atoms with Crippen molar-refractivity contribution in [1.82, 2.24) is 9.55 Å². The molecule has 2 heterocycles. The molecule has 1 aromatic rings. The predicted octanol–water partition coefficient (Wildman–Crippen LogP) is 2.84. The number of nitrogen functional groups attached to an aromatic ring is 1. The first-order valence-corrected chi connectivity index (χ1v) is 14.1. The van der Waals surface area contributed by atoms with E-state index < -0.39 is 80.6 Å². The van der Waals surface area contributed by atoms with Crippen molar-refractivity contribution in [2.24, 2.45) is 10.8 Å². The molecule has 1 aromatic heterocycles. The molecule has 2 rings (SSSR count). The summed E-state index contributed by atoms with van der Waals surface area (Å²) in [5.41, 5.74) is 0.994. The van der Waals surface area contributed by atoms with Crippen LogP contribution < -0.4 is 11.4 Å². The van der Waals surface area contributed by atoms with Crippen LogP contribution in [0.1, 0.15) is 67.5 Å². The number of hydrogen-bond donors (Lipinski definition) is 2. The van der Waals surface area contributed by atoms with Crippen molar-refractivity contribution in [3.63, 3.8) is 0 Å². The van der Waals surface area contributed by atoms with Gasteiger partial charge in [-0.3, -0.25) is 18.7 Å². The minimum Gasteiger partial charge on any atom is -0.437 e. The zero-order valence-electron chi connectivity index (χ0n) is 23.7. The van der Waals surface area contributed by atoms with Crippen LogP contribution in [-0.2, 0) is 41.9 Å². The van der Waals surface area contributed by atoms with E-state index in [1.165, 1.54) is 13.0 Å². The summed E-state index contributed by atoms with van der Waals surface area (Å²) in [6.07, 6.45) is -4.02. The van der Waals surface area contributed by atoms with E-state index in [1.807, 2.05) is 0 Å². The van der Waals surface area contributed by atoms with Crippen LogP contribution in [0, 0.1) is 10.8 Å². The van der Waals surface area contributed by atoms with Crippen molar-refractivity contribution >= 4 is 25.6 Å². The SMILES string of the molecule is CCC(C)(C)C(=O)OCOP(=O)(OCOC(=O)C(C)(C)C)OC[C@@]1(CC)O[C@@H](n2ccc(N)nc2=O)[C@H](F)[C@@H]1O. The van der Waals surface area contributed by atoms with Gasteiger partial charge < -0.3 is 25.1 Å². The monoisotopic (exact) mass is 595 g/mol. The number of hydrogen-bond acceptors (Lipinski definition) is 13. The Labute approximate surface area is 231 Å². The molecule has 0 aromatic carbocycles. The number of esters is 2. The Bertz CT molecular complexity index is 1160. The van der Waals surface area contributed by atoms with Crippen LogP contribution >= 0.6 is 7.82 Å². The number of carbonyl (C=O) groups is 2. The molecule has 14 nitrogen and oxygen atoms in total. The molecule has 0 aliphatic carbocycles. The number of ether oxygens (including phenoxy) is 3. The van der Waals surface area contributed by atoms with Gasteiger partial charge in [0.25, 0.3) is 0 Å². The molecule has 0 bridgehead atoms. The van der Waals surface area contributed by atoms with Gasteiger partial charge in [-0.05, 0) is 53.5 Å². The van der Waals surface area contributed by atoms with Crippen LogP contribution in [0.3, 0.4) is 0 Å². The molecule has 1 saturated heterocycles. The van der Waals surface area contributed by atoms with Gasteiger partial charge >= 0.3 is 25.5 Å². The van der Waals surface area contributed by atoms with E-state index in [2.05, 4.69) is 4.98 Å². The summed E-state index contributed by atoms with van der Waals surface area (Å²) in [5.74, 6) is -1.42. The molecule has 228 valence electrons. The van der Waals surface area contributed by atoms with Gasteiger partial charge in [0.2, 0.25) is 13.6 Å². The van der Waals surface area contributed by atoms with Gasteiger partial charge in [0.05, 0.1) is 17.4 Å². The van der Waals surface area contributed by atoms with Crippen molar-refractivity contribution in [1.29, 1.82) is 0 Å². The van der Waals surface area contributed by atoms with Gasteiger partial charge in [-0.15, -0.1) is 0 Å². The average Bonchev–Trinajstić information content (AvgIpc) is 3.12. The second kappa shape index (κ2) is 13.0. The molecular weight excluding hydrogens is 556 g/mol.